The van der Waals surface area contributed by atoms with Gasteiger partial charge in [0, 0.05) is 12.6 Å². The van der Waals surface area contributed by atoms with Crippen molar-refractivity contribution in [2.45, 2.75) is 64.1 Å². The number of carboxylic acids is 1. The molecule has 0 aromatic heterocycles. The van der Waals surface area contributed by atoms with Crippen molar-refractivity contribution in [1.29, 1.82) is 0 Å². The maximum Gasteiger partial charge on any atom is 0.410 e. The molecule has 0 aromatic rings. The zero-order chi connectivity index (χ0) is 14.6. The van der Waals surface area contributed by atoms with Gasteiger partial charge in [0.25, 0.3) is 0 Å². The second-order valence-corrected chi connectivity index (χ2v) is 6.00. The van der Waals surface area contributed by atoms with Crippen molar-refractivity contribution in [1.82, 2.24) is 4.90 Å². The zero-order valence-electron chi connectivity index (χ0n) is 11.9. The molecule has 3 N–H and O–H groups in total. The number of nitrogens with zero attached hydrogens (tertiary/aromatic N) is 1. The number of nitrogens with two attached hydrogens (primary N) is 1. The summed E-state index contributed by atoms with van der Waals surface area (Å²) in [7, 11) is 0. The van der Waals surface area contributed by atoms with Gasteiger partial charge < -0.3 is 20.5 Å². The molecule has 6 nitrogen and oxygen atoms in total. The Hall–Kier alpha value is -1.30. The molecule has 6 heteroatoms. The molecule has 1 aliphatic heterocycles. The third-order valence-corrected chi connectivity index (χ3v) is 3.08. The topological polar surface area (TPSA) is 92.9 Å². The van der Waals surface area contributed by atoms with Gasteiger partial charge in [-0.15, -0.1) is 0 Å². The molecule has 1 heterocycles. The Labute approximate surface area is 113 Å². The number of aliphatic carboxylic acids is 1. The fraction of sp³-hybridized carbons (Fsp3) is 0.846. The van der Waals surface area contributed by atoms with Crippen LogP contribution >= 0.6 is 0 Å². The number of likely N-dealkylation sites (tertiary alicyclic amines) is 1. The average Bonchev–Trinajstić information content (AvgIpc) is 2.25. The molecule has 2 atom stereocenters. The number of piperidine rings is 1. The normalized spacial score (nSPS) is 21.9. The van der Waals surface area contributed by atoms with Crippen LogP contribution in [0.3, 0.4) is 0 Å². The van der Waals surface area contributed by atoms with Gasteiger partial charge in [0.2, 0.25) is 0 Å². The van der Waals surface area contributed by atoms with Crippen LogP contribution in [0.5, 0.6) is 0 Å². The van der Waals surface area contributed by atoms with E-state index in [0.29, 0.717) is 6.54 Å². The lowest BCUT2D eigenvalue weighted by Gasteiger charge is -2.39. The SMILES string of the molecule is CC(C)(C)OC(=O)N1CCCCC1C(N)CC(=O)O. The maximum atomic E-state index is 12.1. The van der Waals surface area contributed by atoms with Crippen LogP contribution in [0, 0.1) is 0 Å². The number of hydrogen-bond donors (Lipinski definition) is 2. The predicted octanol–water partition coefficient (Wildman–Crippen LogP) is 1.58. The predicted molar refractivity (Wildman–Crippen MR) is 70.8 cm³/mol. The van der Waals surface area contributed by atoms with E-state index in [2.05, 4.69) is 0 Å². The van der Waals surface area contributed by atoms with Crippen LogP contribution in [-0.2, 0) is 9.53 Å². The van der Waals surface area contributed by atoms with Gasteiger partial charge in [-0.1, -0.05) is 0 Å². The number of rotatable bonds is 3. The highest BCUT2D eigenvalue weighted by atomic mass is 16.6. The Bertz CT molecular complexity index is 338. The minimum absolute atomic E-state index is 0.135. The molecule has 1 fully saturated rings. The monoisotopic (exact) mass is 272 g/mol. The number of carbonyl (C=O) groups is 2. The summed E-state index contributed by atoms with van der Waals surface area (Å²) in [5, 5.41) is 8.81. The second-order valence-electron chi connectivity index (χ2n) is 6.00. The number of carbonyl (C=O) groups excluding carboxylic acids is 1. The summed E-state index contributed by atoms with van der Waals surface area (Å²) >= 11 is 0. The lowest BCUT2D eigenvalue weighted by atomic mass is 9.94. The van der Waals surface area contributed by atoms with Gasteiger partial charge in [0.05, 0.1) is 12.5 Å². The van der Waals surface area contributed by atoms with Gasteiger partial charge in [0.1, 0.15) is 5.60 Å². The molecule has 1 amide bonds. The summed E-state index contributed by atoms with van der Waals surface area (Å²) in [6.45, 7) is 6.00. The first-order chi connectivity index (χ1) is 8.70. The fourth-order valence-corrected chi connectivity index (χ4v) is 2.29. The summed E-state index contributed by atoms with van der Waals surface area (Å²) in [6.07, 6.45) is 2.04. The molecule has 1 saturated heterocycles. The van der Waals surface area contributed by atoms with Crippen molar-refractivity contribution in [3.05, 3.63) is 0 Å². The van der Waals surface area contributed by atoms with E-state index in [1.165, 1.54) is 0 Å². The molecular formula is C13H24N2O4. The standard InChI is InChI=1S/C13H24N2O4/c1-13(2,3)19-12(18)15-7-5-4-6-10(15)9(14)8-11(16)17/h9-10H,4-8,14H2,1-3H3,(H,16,17). The first kappa shape index (κ1) is 15.8. The van der Waals surface area contributed by atoms with Crippen molar-refractivity contribution in [2.75, 3.05) is 6.54 Å². The Morgan fingerprint density at radius 1 is 1.42 bits per heavy atom. The van der Waals surface area contributed by atoms with Gasteiger partial charge in [-0.05, 0) is 40.0 Å². The highest BCUT2D eigenvalue weighted by Gasteiger charge is 2.34. The molecular weight excluding hydrogens is 248 g/mol. The zero-order valence-corrected chi connectivity index (χ0v) is 11.9. The molecule has 19 heavy (non-hydrogen) atoms. The Morgan fingerprint density at radius 3 is 2.58 bits per heavy atom. The van der Waals surface area contributed by atoms with Crippen LogP contribution in [0.1, 0.15) is 46.5 Å². The highest BCUT2D eigenvalue weighted by Crippen LogP contribution is 2.23. The molecule has 2 unspecified atom stereocenters. The molecule has 1 aliphatic rings. The van der Waals surface area contributed by atoms with Gasteiger partial charge in [-0.25, -0.2) is 4.79 Å². The van der Waals surface area contributed by atoms with E-state index in [1.807, 2.05) is 0 Å². The number of hydrogen-bond acceptors (Lipinski definition) is 4. The summed E-state index contributed by atoms with van der Waals surface area (Å²) < 4.78 is 5.35. The van der Waals surface area contributed by atoms with E-state index in [-0.39, 0.29) is 12.5 Å². The number of amides is 1. The van der Waals surface area contributed by atoms with E-state index in [9.17, 15) is 9.59 Å². The average molecular weight is 272 g/mol. The first-order valence-electron chi connectivity index (χ1n) is 6.67. The Kier molecular flexibility index (Phi) is 5.17. The van der Waals surface area contributed by atoms with Gasteiger partial charge >= 0.3 is 12.1 Å². The third kappa shape index (κ3) is 5.06. The summed E-state index contributed by atoms with van der Waals surface area (Å²) in [5.41, 5.74) is 5.35. The molecule has 0 bridgehead atoms. The van der Waals surface area contributed by atoms with Gasteiger partial charge in [-0.2, -0.15) is 0 Å². The largest absolute Gasteiger partial charge is 0.481 e. The molecule has 0 spiro atoms. The van der Waals surface area contributed by atoms with Gasteiger partial charge in [-0.3, -0.25) is 4.79 Å². The minimum Gasteiger partial charge on any atom is -0.481 e. The van der Waals surface area contributed by atoms with Crippen molar-refractivity contribution < 1.29 is 19.4 Å². The smallest absolute Gasteiger partial charge is 0.410 e. The van der Waals surface area contributed by atoms with E-state index in [1.54, 1.807) is 25.7 Å². The maximum absolute atomic E-state index is 12.1. The second kappa shape index (κ2) is 6.23. The minimum atomic E-state index is -0.942. The van der Waals surface area contributed by atoms with E-state index in [0.717, 1.165) is 19.3 Å². The first-order valence-corrected chi connectivity index (χ1v) is 6.67. The van der Waals surface area contributed by atoms with Crippen molar-refractivity contribution >= 4 is 12.1 Å². The summed E-state index contributed by atoms with van der Waals surface area (Å²) in [4.78, 5) is 24.4. The lowest BCUT2D eigenvalue weighted by Crippen LogP contribution is -2.54. The fourth-order valence-electron chi connectivity index (χ4n) is 2.29. The van der Waals surface area contributed by atoms with Crippen molar-refractivity contribution in [3.8, 4) is 0 Å². The summed E-state index contributed by atoms with van der Waals surface area (Å²) in [5.74, 6) is -0.942. The van der Waals surface area contributed by atoms with Crippen LogP contribution in [0.25, 0.3) is 0 Å². The number of carboxylic acid groups (broad SMARTS) is 1. The van der Waals surface area contributed by atoms with Crippen LogP contribution in [0.4, 0.5) is 4.79 Å². The van der Waals surface area contributed by atoms with Crippen LogP contribution < -0.4 is 5.73 Å². The molecule has 110 valence electrons. The third-order valence-electron chi connectivity index (χ3n) is 3.08. The Morgan fingerprint density at radius 2 is 2.05 bits per heavy atom. The molecule has 0 radical (unpaired) electrons. The quantitative estimate of drug-likeness (QED) is 0.813. The highest BCUT2D eigenvalue weighted by molar-refractivity contribution is 5.70. The van der Waals surface area contributed by atoms with Gasteiger partial charge in [0.15, 0.2) is 0 Å². The van der Waals surface area contributed by atoms with Crippen LogP contribution in [0.2, 0.25) is 0 Å². The Balaban J connectivity index is 2.71. The molecule has 0 aliphatic carbocycles. The van der Waals surface area contributed by atoms with E-state index in [4.69, 9.17) is 15.6 Å². The van der Waals surface area contributed by atoms with Crippen LogP contribution in [0.15, 0.2) is 0 Å². The summed E-state index contributed by atoms with van der Waals surface area (Å²) in [6, 6.07) is -0.801. The molecule has 0 saturated carbocycles. The molecule has 1 rings (SSSR count). The number of ether oxygens (including phenoxy) is 1. The lowest BCUT2D eigenvalue weighted by molar-refractivity contribution is -0.137. The molecule has 0 aromatic carbocycles. The van der Waals surface area contributed by atoms with Crippen molar-refractivity contribution in [3.63, 3.8) is 0 Å². The van der Waals surface area contributed by atoms with E-state index >= 15 is 0 Å². The van der Waals surface area contributed by atoms with E-state index < -0.39 is 23.7 Å². The van der Waals surface area contributed by atoms with Crippen molar-refractivity contribution in [2.24, 2.45) is 5.73 Å². The van der Waals surface area contributed by atoms with Crippen LogP contribution in [-0.4, -0.2) is 46.3 Å².